The van der Waals surface area contributed by atoms with E-state index in [0.717, 1.165) is 22.5 Å². The minimum absolute atomic E-state index is 0.122. The maximum atomic E-state index is 11.8. The van der Waals surface area contributed by atoms with Crippen molar-refractivity contribution in [2.24, 2.45) is 0 Å². The molecule has 9 heteroatoms. The molecule has 2 rings (SSSR count). The predicted molar refractivity (Wildman–Crippen MR) is 88.0 cm³/mol. The molecule has 0 aliphatic heterocycles. The molecule has 24 heavy (non-hydrogen) atoms. The number of carbonyl (C=O) groups excluding carboxylic acids is 2. The fourth-order valence-corrected chi connectivity index (χ4v) is 2.44. The summed E-state index contributed by atoms with van der Waals surface area (Å²) in [6.45, 7) is 3.63. The molecule has 0 aliphatic rings. The number of nitrogens with one attached hydrogen (secondary N) is 2. The fourth-order valence-electron chi connectivity index (χ4n) is 1.72. The second kappa shape index (κ2) is 7.55. The number of benzene rings is 1. The zero-order valence-electron chi connectivity index (χ0n) is 13.0. The van der Waals surface area contributed by atoms with Gasteiger partial charge in [0, 0.05) is 6.07 Å². The third kappa shape index (κ3) is 4.53. The first-order valence-electron chi connectivity index (χ1n) is 6.90. The third-order valence-corrected chi connectivity index (χ3v) is 4.19. The van der Waals surface area contributed by atoms with Crippen molar-refractivity contribution in [3.05, 3.63) is 56.5 Å². The molecule has 2 amide bonds. The van der Waals surface area contributed by atoms with Crippen LogP contribution >= 0.6 is 11.3 Å². The smallest absolute Gasteiger partial charge is 0.324 e. The molecule has 126 valence electrons. The summed E-state index contributed by atoms with van der Waals surface area (Å²) in [5.74, 6) is -0.631. The number of hydrogen-bond donors (Lipinski definition) is 2. The normalized spacial score (nSPS) is 10.1. The number of hydrazine groups is 1. The van der Waals surface area contributed by atoms with Crippen molar-refractivity contribution >= 4 is 28.2 Å². The number of thiophene rings is 1. The Morgan fingerprint density at radius 3 is 2.54 bits per heavy atom. The van der Waals surface area contributed by atoms with Crippen LogP contribution < -0.4 is 15.6 Å². The quantitative estimate of drug-likeness (QED) is 0.634. The van der Waals surface area contributed by atoms with Gasteiger partial charge in [-0.2, -0.15) is 0 Å². The molecular formula is C15H15N3O5S. The number of ether oxygens (including phenoxy) is 1. The number of amides is 2. The van der Waals surface area contributed by atoms with Gasteiger partial charge < -0.3 is 4.74 Å². The standard InChI is InChI=1S/C15H15N3O5S/c1-9-3-4-11(7-10(9)2)23-8-13(19)16-17-15(20)12-5-6-14(24-12)18(21)22/h3-7H,8H2,1-2H3,(H,16,19)(H,17,20). The fraction of sp³-hybridized carbons (Fsp3) is 0.200. The molecule has 0 saturated carbocycles. The summed E-state index contributed by atoms with van der Waals surface area (Å²) in [6.07, 6.45) is 0. The molecule has 0 saturated heterocycles. The Morgan fingerprint density at radius 1 is 1.17 bits per heavy atom. The van der Waals surface area contributed by atoms with E-state index in [4.69, 9.17) is 4.74 Å². The Kier molecular flexibility index (Phi) is 5.48. The minimum atomic E-state index is -0.632. The van der Waals surface area contributed by atoms with Gasteiger partial charge in [0.1, 0.15) is 10.6 Å². The van der Waals surface area contributed by atoms with Gasteiger partial charge in [0.25, 0.3) is 11.8 Å². The third-order valence-electron chi connectivity index (χ3n) is 3.16. The van der Waals surface area contributed by atoms with Gasteiger partial charge in [-0.3, -0.25) is 30.6 Å². The lowest BCUT2D eigenvalue weighted by atomic mass is 10.1. The van der Waals surface area contributed by atoms with Gasteiger partial charge in [-0.1, -0.05) is 17.4 Å². The van der Waals surface area contributed by atoms with Crippen LogP contribution in [0.2, 0.25) is 0 Å². The number of rotatable bonds is 5. The van der Waals surface area contributed by atoms with Crippen LogP contribution in [0.3, 0.4) is 0 Å². The molecule has 1 aromatic carbocycles. The summed E-state index contributed by atoms with van der Waals surface area (Å²) in [7, 11) is 0. The Hall–Kier alpha value is -2.94. The van der Waals surface area contributed by atoms with E-state index in [9.17, 15) is 19.7 Å². The van der Waals surface area contributed by atoms with E-state index in [1.54, 1.807) is 6.07 Å². The molecule has 0 spiro atoms. The molecular weight excluding hydrogens is 334 g/mol. The number of nitro groups is 1. The van der Waals surface area contributed by atoms with Crippen molar-refractivity contribution in [1.82, 2.24) is 10.9 Å². The molecule has 0 bridgehead atoms. The number of carbonyl (C=O) groups is 2. The lowest BCUT2D eigenvalue weighted by Crippen LogP contribution is -2.43. The van der Waals surface area contributed by atoms with E-state index in [-0.39, 0.29) is 16.5 Å². The summed E-state index contributed by atoms with van der Waals surface area (Å²) in [5, 5.41) is 10.4. The Morgan fingerprint density at radius 2 is 1.92 bits per heavy atom. The summed E-state index contributed by atoms with van der Waals surface area (Å²) >= 11 is 0.720. The number of aryl methyl sites for hydroxylation is 2. The lowest BCUT2D eigenvalue weighted by Gasteiger charge is -2.09. The summed E-state index contributed by atoms with van der Waals surface area (Å²) in [5.41, 5.74) is 6.52. The zero-order chi connectivity index (χ0) is 17.7. The first-order chi connectivity index (χ1) is 11.4. The van der Waals surface area contributed by atoms with Crippen LogP contribution in [0.1, 0.15) is 20.8 Å². The van der Waals surface area contributed by atoms with Gasteiger partial charge in [-0.15, -0.1) is 0 Å². The molecule has 2 aromatic rings. The topological polar surface area (TPSA) is 111 Å². The Balaban J connectivity index is 1.80. The largest absolute Gasteiger partial charge is 0.484 e. The van der Waals surface area contributed by atoms with E-state index in [2.05, 4.69) is 10.9 Å². The van der Waals surface area contributed by atoms with Gasteiger partial charge in [-0.25, -0.2) is 0 Å². The van der Waals surface area contributed by atoms with Crippen LogP contribution in [-0.4, -0.2) is 23.3 Å². The monoisotopic (exact) mass is 349 g/mol. The van der Waals surface area contributed by atoms with E-state index in [1.165, 1.54) is 12.1 Å². The van der Waals surface area contributed by atoms with Gasteiger partial charge >= 0.3 is 5.00 Å². The summed E-state index contributed by atoms with van der Waals surface area (Å²) in [4.78, 5) is 33.5. The molecule has 8 nitrogen and oxygen atoms in total. The summed E-state index contributed by atoms with van der Waals surface area (Å²) in [6, 6.07) is 7.99. The van der Waals surface area contributed by atoms with E-state index in [1.807, 2.05) is 26.0 Å². The molecule has 0 unspecified atom stereocenters. The predicted octanol–water partition coefficient (Wildman–Crippen LogP) is 2.11. The van der Waals surface area contributed by atoms with Crippen LogP contribution in [-0.2, 0) is 4.79 Å². The average molecular weight is 349 g/mol. The molecule has 0 aliphatic carbocycles. The van der Waals surface area contributed by atoms with Crippen LogP contribution in [0, 0.1) is 24.0 Å². The second-order valence-electron chi connectivity index (χ2n) is 4.93. The maximum absolute atomic E-state index is 11.8. The van der Waals surface area contributed by atoms with Crippen LogP contribution in [0.5, 0.6) is 5.75 Å². The average Bonchev–Trinajstić information content (AvgIpc) is 3.04. The Labute approximate surface area is 141 Å². The molecule has 1 heterocycles. The molecule has 0 radical (unpaired) electrons. The Bertz CT molecular complexity index is 787. The maximum Gasteiger partial charge on any atom is 0.324 e. The van der Waals surface area contributed by atoms with Crippen molar-refractivity contribution in [2.45, 2.75) is 13.8 Å². The highest BCUT2D eigenvalue weighted by molar-refractivity contribution is 7.17. The van der Waals surface area contributed by atoms with Gasteiger partial charge in [0.15, 0.2) is 6.61 Å². The van der Waals surface area contributed by atoms with E-state index >= 15 is 0 Å². The molecule has 0 fully saturated rings. The number of hydrogen-bond acceptors (Lipinski definition) is 6. The first-order valence-corrected chi connectivity index (χ1v) is 7.72. The van der Waals surface area contributed by atoms with Gasteiger partial charge in [0.2, 0.25) is 0 Å². The lowest BCUT2D eigenvalue weighted by molar-refractivity contribution is -0.380. The van der Waals surface area contributed by atoms with Crippen molar-refractivity contribution in [3.63, 3.8) is 0 Å². The van der Waals surface area contributed by atoms with Crippen molar-refractivity contribution in [3.8, 4) is 5.75 Å². The van der Waals surface area contributed by atoms with Gasteiger partial charge in [0.05, 0.1) is 4.92 Å². The van der Waals surface area contributed by atoms with E-state index in [0.29, 0.717) is 5.75 Å². The van der Waals surface area contributed by atoms with E-state index < -0.39 is 16.7 Å². The molecule has 2 N–H and O–H groups in total. The van der Waals surface area contributed by atoms with Crippen LogP contribution in [0.4, 0.5) is 5.00 Å². The zero-order valence-corrected chi connectivity index (χ0v) is 13.8. The van der Waals surface area contributed by atoms with Crippen molar-refractivity contribution < 1.29 is 19.2 Å². The SMILES string of the molecule is Cc1ccc(OCC(=O)NNC(=O)c2ccc([N+](=O)[O-])s2)cc1C. The minimum Gasteiger partial charge on any atom is -0.484 e. The highest BCUT2D eigenvalue weighted by atomic mass is 32.1. The van der Waals surface area contributed by atoms with Gasteiger partial charge in [-0.05, 0) is 43.2 Å². The highest BCUT2D eigenvalue weighted by Gasteiger charge is 2.15. The molecule has 1 aromatic heterocycles. The second-order valence-corrected chi connectivity index (χ2v) is 5.99. The molecule has 0 atom stereocenters. The summed E-state index contributed by atoms with van der Waals surface area (Å²) < 4.78 is 5.33. The van der Waals surface area contributed by atoms with Crippen molar-refractivity contribution in [2.75, 3.05) is 6.61 Å². The number of nitrogens with zero attached hydrogens (tertiary/aromatic N) is 1. The van der Waals surface area contributed by atoms with Crippen LogP contribution in [0.25, 0.3) is 0 Å². The first kappa shape index (κ1) is 17.4. The highest BCUT2D eigenvalue weighted by Crippen LogP contribution is 2.23. The van der Waals surface area contributed by atoms with Crippen molar-refractivity contribution in [1.29, 1.82) is 0 Å². The van der Waals surface area contributed by atoms with Crippen LogP contribution in [0.15, 0.2) is 30.3 Å².